The van der Waals surface area contributed by atoms with Crippen LogP contribution in [0.4, 0.5) is 0 Å². The molecule has 1 aliphatic carbocycles. The molecule has 2 aromatic rings. The molecule has 0 saturated carbocycles. The Hall–Kier alpha value is -4.56. The first-order chi connectivity index (χ1) is 26.2. The van der Waals surface area contributed by atoms with Crippen LogP contribution in [-0.2, 0) is 47.6 Å². The number of likely N-dealkylation sites (N-methyl/N-ethyl adjacent to an activating group) is 1. The molecule has 2 aliphatic heterocycles. The third kappa shape index (κ3) is 11.5. The van der Waals surface area contributed by atoms with Gasteiger partial charge in [-0.25, -0.2) is 18.5 Å². The van der Waals surface area contributed by atoms with Gasteiger partial charge in [-0.05, 0) is 55.2 Å². The predicted octanol–water partition coefficient (Wildman–Crippen LogP) is 1.69. The number of aryl methyl sites for hydroxylation is 1. The summed E-state index contributed by atoms with van der Waals surface area (Å²) in [6, 6.07) is 8.80. The number of phenolic OH excluding ortho intramolecular Hbond substituents is 1. The van der Waals surface area contributed by atoms with Crippen LogP contribution in [0.15, 0.2) is 67.5 Å². The number of nitrogens with zero attached hydrogens (tertiary/aromatic N) is 2. The number of aromatic amines is 1. The van der Waals surface area contributed by atoms with Crippen molar-refractivity contribution in [1.82, 2.24) is 19.8 Å². The van der Waals surface area contributed by atoms with Gasteiger partial charge in [-0.15, -0.1) is 0 Å². The predicted molar refractivity (Wildman–Crippen MR) is 193 cm³/mol. The van der Waals surface area contributed by atoms with E-state index >= 15 is 0 Å². The van der Waals surface area contributed by atoms with E-state index in [1.807, 2.05) is 0 Å². The molecule has 25 heteroatoms. The zero-order valence-electron chi connectivity index (χ0n) is 29.1. The van der Waals surface area contributed by atoms with E-state index in [1.54, 1.807) is 12.1 Å². The minimum Gasteiger partial charge on any atom is -0.508 e. The van der Waals surface area contributed by atoms with Gasteiger partial charge in [-0.2, -0.15) is 8.62 Å². The maximum absolute atomic E-state index is 13.0. The summed E-state index contributed by atoms with van der Waals surface area (Å²) < 4.78 is 58.7. The van der Waals surface area contributed by atoms with Crippen molar-refractivity contribution in [1.29, 1.82) is 0 Å². The van der Waals surface area contributed by atoms with E-state index in [1.165, 1.54) is 54.6 Å². The van der Waals surface area contributed by atoms with Crippen LogP contribution in [0.2, 0.25) is 0 Å². The number of hydrogen-bond donors (Lipinski definition) is 7. The van der Waals surface area contributed by atoms with Gasteiger partial charge in [0.05, 0.1) is 24.8 Å². The first-order valence-corrected chi connectivity index (χ1v) is 20.9. The Kier molecular flexibility index (Phi) is 13.1. The number of nitrogens with one attached hydrogen (secondary N) is 2. The van der Waals surface area contributed by atoms with Crippen molar-refractivity contribution in [2.24, 2.45) is 0 Å². The summed E-state index contributed by atoms with van der Waals surface area (Å²) in [7, 11) is -15.2. The smallest absolute Gasteiger partial charge is 0.490 e. The molecule has 0 spiro atoms. The highest BCUT2D eigenvalue weighted by Gasteiger charge is 2.41. The summed E-state index contributed by atoms with van der Waals surface area (Å²) in [5, 5.41) is 13.2. The zero-order chi connectivity index (χ0) is 41.0. The number of rotatable bonds is 16. The van der Waals surface area contributed by atoms with Gasteiger partial charge in [0.15, 0.2) is 5.43 Å². The topological polar surface area (TPSA) is 324 Å². The number of fused-ring (bicyclic) bond motifs is 2. The lowest BCUT2D eigenvalue weighted by Crippen LogP contribution is -2.38. The van der Waals surface area contributed by atoms with Crippen molar-refractivity contribution in [3.8, 4) is 17.1 Å². The molecule has 2 amide bonds. The lowest BCUT2D eigenvalue weighted by atomic mass is 9.95. The second-order valence-corrected chi connectivity index (χ2v) is 16.7. The molecule has 22 nitrogen and oxygen atoms in total. The van der Waals surface area contributed by atoms with E-state index < -0.39 is 59.6 Å². The van der Waals surface area contributed by atoms with Crippen molar-refractivity contribution < 1.29 is 70.3 Å². The minimum absolute atomic E-state index is 0.00949. The fourth-order valence-corrected chi connectivity index (χ4v) is 8.73. The quantitative estimate of drug-likeness (QED) is 0.0623. The molecule has 1 aromatic carbocycles. The number of aromatic hydroxyl groups is 1. The van der Waals surface area contributed by atoms with Crippen LogP contribution in [-0.4, -0.2) is 83.8 Å². The van der Waals surface area contributed by atoms with E-state index in [0.717, 1.165) is 4.57 Å². The number of phosphoric acid groups is 3. The summed E-state index contributed by atoms with van der Waals surface area (Å²) in [4.78, 5) is 102. The Morgan fingerprint density at radius 3 is 2.52 bits per heavy atom. The highest BCUT2D eigenvalue weighted by atomic mass is 31.3. The monoisotopic (exact) mass is 844 g/mol. The average Bonchev–Trinajstić information content (AvgIpc) is 3.55. The SMILES string of the molecule is CN(CC(=O)NC/C=C/c1cn([C@H]2CC[C@@H](COP(=O)(O)OP(=O)(O)OP(=O)(O)O)O2)c(=O)[nH]c1=O)C(=O)CCc1c2ccc(=O)cc-2oc2ccc(O)cc12. The number of hydrogen-bond acceptors (Lipinski definition) is 14. The summed E-state index contributed by atoms with van der Waals surface area (Å²) >= 11 is 0. The van der Waals surface area contributed by atoms with Gasteiger partial charge in [-0.1, -0.05) is 12.2 Å². The molecule has 5 rings (SSSR count). The number of ether oxygens (including phenoxy) is 1. The molecule has 2 unspecified atom stereocenters. The summed E-state index contributed by atoms with van der Waals surface area (Å²) in [6.07, 6.45) is 2.41. The average molecular weight is 845 g/mol. The second kappa shape index (κ2) is 17.3. The molecule has 3 heterocycles. The van der Waals surface area contributed by atoms with E-state index in [2.05, 4.69) is 23.4 Å². The lowest BCUT2D eigenvalue weighted by Gasteiger charge is -2.19. The fraction of sp³-hybridized carbons (Fsp3) is 0.323. The van der Waals surface area contributed by atoms with Crippen LogP contribution >= 0.6 is 23.5 Å². The van der Waals surface area contributed by atoms with E-state index in [-0.39, 0.29) is 61.4 Å². The number of H-pyrrole nitrogens is 1. The second-order valence-electron chi connectivity index (χ2n) is 12.3. The van der Waals surface area contributed by atoms with Crippen molar-refractivity contribution in [3.63, 3.8) is 0 Å². The van der Waals surface area contributed by atoms with E-state index in [0.29, 0.717) is 27.9 Å². The van der Waals surface area contributed by atoms with Gasteiger partial charge in [0.2, 0.25) is 11.8 Å². The summed E-state index contributed by atoms with van der Waals surface area (Å²) in [5.74, 6) is -0.566. The standard InChI is InChI=1S/C31H35N4O18P3/c1-34(28(39)10-8-22-23-7-4-20(37)14-26(23)51-25-9-5-19(36)13-24(22)25)16-27(38)32-12-2-3-18-15-35(31(41)33-30(18)40)29-11-6-21(50-29)17-49-55(45,46)53-56(47,48)52-54(42,43)44/h2-5,7,9,13-15,21,29,36H,6,8,10-12,16-17H2,1H3,(H,32,38)(H,45,46)(H,47,48)(H,33,40,41)(H2,42,43,44)/b3-2+/t21-,29+/m0/s1. The van der Waals surface area contributed by atoms with E-state index in [4.69, 9.17) is 18.9 Å². The van der Waals surface area contributed by atoms with Crippen LogP contribution in [0.3, 0.4) is 0 Å². The number of phosphoric ester groups is 1. The zero-order valence-corrected chi connectivity index (χ0v) is 31.8. The summed E-state index contributed by atoms with van der Waals surface area (Å²) in [6.45, 7) is -1.09. The van der Waals surface area contributed by atoms with Gasteiger partial charge >= 0.3 is 29.2 Å². The van der Waals surface area contributed by atoms with Crippen molar-refractivity contribution in [3.05, 3.63) is 90.9 Å². The molecule has 302 valence electrons. The molecular weight excluding hydrogens is 809 g/mol. The number of amides is 2. The first-order valence-electron chi connectivity index (χ1n) is 16.3. The van der Waals surface area contributed by atoms with Crippen molar-refractivity contribution in [2.45, 2.75) is 38.0 Å². The van der Waals surface area contributed by atoms with Crippen LogP contribution in [0.1, 0.15) is 36.6 Å². The van der Waals surface area contributed by atoms with Crippen molar-refractivity contribution >= 4 is 52.3 Å². The Bertz CT molecular complexity index is 2460. The molecule has 56 heavy (non-hydrogen) atoms. The summed E-state index contributed by atoms with van der Waals surface area (Å²) in [5.41, 5.74) is -0.195. The minimum atomic E-state index is -5.71. The molecule has 7 N–H and O–H groups in total. The molecule has 0 bridgehead atoms. The molecule has 1 saturated heterocycles. The number of benzene rings is 2. The first kappa shape index (κ1) is 42.6. The number of carbonyl (C=O) groups is 2. The van der Waals surface area contributed by atoms with Gasteiger partial charge in [0.25, 0.3) is 5.56 Å². The number of phenols is 1. The highest BCUT2D eigenvalue weighted by Crippen LogP contribution is 2.66. The maximum atomic E-state index is 13.0. The van der Waals surface area contributed by atoms with Crippen LogP contribution < -0.4 is 22.0 Å². The Morgan fingerprint density at radius 2 is 1.79 bits per heavy atom. The largest absolute Gasteiger partial charge is 0.508 e. The molecule has 1 fully saturated rings. The molecular formula is C31H35N4O18P3. The maximum Gasteiger partial charge on any atom is 0.490 e. The van der Waals surface area contributed by atoms with Gasteiger partial charge < -0.3 is 44.1 Å². The normalized spacial score (nSPS) is 18.2. The number of aromatic nitrogens is 2. The van der Waals surface area contributed by atoms with Gasteiger partial charge in [-0.3, -0.25) is 33.3 Å². The molecule has 1 aromatic heterocycles. The Balaban J connectivity index is 1.12. The van der Waals surface area contributed by atoms with E-state index in [9.17, 15) is 52.6 Å². The van der Waals surface area contributed by atoms with Crippen LogP contribution in [0, 0.1) is 0 Å². The third-order valence-electron chi connectivity index (χ3n) is 8.13. The molecule has 3 aliphatic rings. The van der Waals surface area contributed by atoms with Gasteiger partial charge in [0.1, 0.15) is 23.3 Å². The highest BCUT2D eigenvalue weighted by molar-refractivity contribution is 7.66. The lowest BCUT2D eigenvalue weighted by molar-refractivity contribution is -0.134. The van der Waals surface area contributed by atoms with Gasteiger partial charge in [0, 0.05) is 43.2 Å². The van der Waals surface area contributed by atoms with Crippen molar-refractivity contribution in [2.75, 3.05) is 26.7 Å². The molecule has 0 radical (unpaired) electrons. The van der Waals surface area contributed by atoms with Crippen LogP contribution in [0.25, 0.3) is 28.4 Å². The Morgan fingerprint density at radius 1 is 1.04 bits per heavy atom. The Labute approximate surface area is 314 Å². The third-order valence-corrected chi connectivity index (χ3v) is 11.9. The van der Waals surface area contributed by atoms with Crippen LogP contribution in [0.5, 0.6) is 5.75 Å². The number of carbonyl (C=O) groups excluding carboxylic acids is 2. The molecule has 4 atom stereocenters. The fourth-order valence-electron chi connectivity index (χ4n) is 5.68.